The zero-order chi connectivity index (χ0) is 15.6. The topological polar surface area (TPSA) is 73.4 Å². The van der Waals surface area contributed by atoms with Crippen molar-refractivity contribution in [2.75, 3.05) is 6.54 Å². The highest BCUT2D eigenvalue weighted by Gasteiger charge is 2.24. The Balaban J connectivity index is 2.35. The van der Waals surface area contributed by atoms with E-state index in [1.54, 1.807) is 13.0 Å². The number of carboxylic acid groups (broad SMARTS) is 1. The molecule has 1 unspecified atom stereocenters. The molecule has 112 valence electrons. The number of amides is 1. The van der Waals surface area contributed by atoms with Crippen molar-refractivity contribution in [1.82, 2.24) is 9.88 Å². The Bertz CT molecular complexity index is 681. The molecule has 1 aromatic heterocycles. The number of nitrogens with one attached hydrogen (secondary N) is 1. The van der Waals surface area contributed by atoms with Crippen molar-refractivity contribution in [3.05, 3.63) is 35.8 Å². The first-order valence-corrected chi connectivity index (χ1v) is 6.73. The van der Waals surface area contributed by atoms with Crippen LogP contribution in [0.25, 0.3) is 10.9 Å². The van der Waals surface area contributed by atoms with Crippen LogP contribution in [0.4, 0.5) is 4.39 Å². The molecule has 0 aliphatic rings. The van der Waals surface area contributed by atoms with Crippen LogP contribution in [-0.2, 0) is 4.79 Å². The van der Waals surface area contributed by atoms with Gasteiger partial charge in [-0.25, -0.2) is 4.39 Å². The van der Waals surface area contributed by atoms with Crippen molar-refractivity contribution in [2.45, 2.75) is 26.3 Å². The van der Waals surface area contributed by atoms with Crippen molar-refractivity contribution in [1.29, 1.82) is 0 Å². The summed E-state index contributed by atoms with van der Waals surface area (Å²) in [6.07, 6.45) is 0.647. The number of halogens is 1. The molecule has 1 aromatic carbocycles. The molecule has 2 aromatic rings. The van der Waals surface area contributed by atoms with E-state index in [4.69, 9.17) is 5.11 Å². The van der Waals surface area contributed by atoms with Crippen LogP contribution < -0.4 is 0 Å². The van der Waals surface area contributed by atoms with Gasteiger partial charge in [-0.2, -0.15) is 0 Å². The van der Waals surface area contributed by atoms with Crippen molar-refractivity contribution in [2.24, 2.45) is 0 Å². The molecule has 0 fully saturated rings. The van der Waals surface area contributed by atoms with E-state index >= 15 is 0 Å². The number of carbonyl (C=O) groups excluding carboxylic acids is 1. The monoisotopic (exact) mass is 292 g/mol. The van der Waals surface area contributed by atoms with E-state index < -0.39 is 11.9 Å². The number of aromatic nitrogens is 1. The number of benzene rings is 1. The Labute approximate surface area is 121 Å². The fourth-order valence-electron chi connectivity index (χ4n) is 2.17. The van der Waals surface area contributed by atoms with E-state index in [2.05, 4.69) is 4.98 Å². The number of carbonyl (C=O) groups is 2. The number of aliphatic carboxylic acids is 1. The van der Waals surface area contributed by atoms with Gasteiger partial charge in [0.05, 0.1) is 0 Å². The lowest BCUT2D eigenvalue weighted by molar-refractivity contribution is -0.138. The zero-order valence-corrected chi connectivity index (χ0v) is 11.9. The summed E-state index contributed by atoms with van der Waals surface area (Å²) in [5.41, 5.74) is 0.899. The quantitative estimate of drug-likeness (QED) is 0.889. The summed E-state index contributed by atoms with van der Waals surface area (Å²) in [6, 6.07) is 5.52. The number of hydrogen-bond acceptors (Lipinski definition) is 2. The summed E-state index contributed by atoms with van der Waals surface area (Å²) in [4.78, 5) is 27.6. The van der Waals surface area contributed by atoms with Crippen molar-refractivity contribution >= 4 is 22.8 Å². The predicted molar refractivity (Wildman–Crippen MR) is 76.7 cm³/mol. The molecule has 1 heterocycles. The van der Waals surface area contributed by atoms with Crippen LogP contribution in [-0.4, -0.2) is 39.5 Å². The Morgan fingerprint density at radius 1 is 1.38 bits per heavy atom. The molecule has 0 bridgehead atoms. The summed E-state index contributed by atoms with van der Waals surface area (Å²) in [6.45, 7) is 3.31. The fourth-order valence-corrected chi connectivity index (χ4v) is 2.17. The number of nitrogens with zero attached hydrogens (tertiary/aromatic N) is 1. The number of hydrogen-bond donors (Lipinski definition) is 2. The van der Waals surface area contributed by atoms with Crippen LogP contribution in [0.3, 0.4) is 0 Å². The maximum Gasteiger partial charge on any atom is 0.323 e. The number of fused-ring (bicyclic) bond motifs is 1. The second-order valence-corrected chi connectivity index (χ2v) is 5.00. The van der Waals surface area contributed by atoms with Gasteiger partial charge < -0.3 is 15.0 Å². The molecule has 1 atom stereocenters. The average Bonchev–Trinajstić information content (AvgIpc) is 2.85. The summed E-state index contributed by atoms with van der Waals surface area (Å²) in [5, 5.41) is 9.53. The third kappa shape index (κ3) is 3.21. The Morgan fingerprint density at radius 2 is 2.10 bits per heavy atom. The molecular weight excluding hydrogens is 275 g/mol. The highest BCUT2D eigenvalue weighted by molar-refractivity contribution is 5.99. The number of carboxylic acids is 1. The molecule has 0 aliphatic heterocycles. The number of rotatable bonds is 5. The van der Waals surface area contributed by atoms with Gasteiger partial charge in [0.15, 0.2) is 0 Å². The van der Waals surface area contributed by atoms with Gasteiger partial charge in [0.25, 0.3) is 5.91 Å². The van der Waals surface area contributed by atoms with Gasteiger partial charge in [-0.3, -0.25) is 9.59 Å². The molecule has 6 heteroatoms. The summed E-state index contributed by atoms with van der Waals surface area (Å²) < 4.78 is 13.2. The minimum atomic E-state index is -1.06. The van der Waals surface area contributed by atoms with Crippen LogP contribution in [0.15, 0.2) is 24.3 Å². The van der Waals surface area contributed by atoms with E-state index in [0.717, 1.165) is 0 Å². The smallest absolute Gasteiger partial charge is 0.323 e. The standard InChI is InChI=1S/C15H17FN2O3/c1-3-9(2)18(8-14(19)20)15(21)13-7-10-6-11(16)4-5-12(10)17-13/h4-7,9,17H,3,8H2,1-2H3,(H,19,20). The molecule has 5 nitrogen and oxygen atoms in total. The zero-order valence-electron chi connectivity index (χ0n) is 11.9. The van der Waals surface area contributed by atoms with E-state index in [1.807, 2.05) is 6.92 Å². The lowest BCUT2D eigenvalue weighted by Crippen LogP contribution is -2.42. The predicted octanol–water partition coefficient (Wildman–Crippen LogP) is 2.63. The number of aromatic amines is 1. The molecule has 0 saturated heterocycles. The fraction of sp³-hybridized carbons (Fsp3) is 0.333. The first kappa shape index (κ1) is 15.0. The van der Waals surface area contributed by atoms with Crippen molar-refractivity contribution in [3.8, 4) is 0 Å². The molecule has 0 aliphatic carbocycles. The van der Waals surface area contributed by atoms with Gasteiger partial charge >= 0.3 is 5.97 Å². The van der Waals surface area contributed by atoms with Crippen LogP contribution in [0.5, 0.6) is 0 Å². The van der Waals surface area contributed by atoms with E-state index in [-0.39, 0.29) is 24.1 Å². The van der Waals surface area contributed by atoms with Gasteiger partial charge in [-0.05, 0) is 37.6 Å². The lowest BCUT2D eigenvalue weighted by atomic mass is 10.2. The molecule has 0 saturated carbocycles. The third-order valence-electron chi connectivity index (χ3n) is 3.50. The highest BCUT2D eigenvalue weighted by atomic mass is 19.1. The lowest BCUT2D eigenvalue weighted by Gasteiger charge is -2.26. The normalized spacial score (nSPS) is 12.3. The molecule has 21 heavy (non-hydrogen) atoms. The minimum Gasteiger partial charge on any atom is -0.480 e. The number of H-pyrrole nitrogens is 1. The first-order valence-electron chi connectivity index (χ1n) is 6.73. The Hall–Kier alpha value is -2.37. The molecule has 2 rings (SSSR count). The van der Waals surface area contributed by atoms with Crippen molar-refractivity contribution < 1.29 is 19.1 Å². The van der Waals surface area contributed by atoms with E-state index in [1.165, 1.54) is 23.1 Å². The minimum absolute atomic E-state index is 0.197. The van der Waals surface area contributed by atoms with Gasteiger partial charge in [0.2, 0.25) is 0 Å². The summed E-state index contributed by atoms with van der Waals surface area (Å²) in [7, 11) is 0. The summed E-state index contributed by atoms with van der Waals surface area (Å²) >= 11 is 0. The van der Waals surface area contributed by atoms with Crippen molar-refractivity contribution in [3.63, 3.8) is 0 Å². The maximum atomic E-state index is 13.2. The second-order valence-electron chi connectivity index (χ2n) is 5.00. The Kier molecular flexibility index (Phi) is 4.26. The van der Waals surface area contributed by atoms with Crippen LogP contribution in [0.2, 0.25) is 0 Å². The molecule has 0 spiro atoms. The molecule has 2 N–H and O–H groups in total. The molecule has 1 amide bonds. The first-order chi connectivity index (χ1) is 9.92. The highest BCUT2D eigenvalue weighted by Crippen LogP contribution is 2.19. The van der Waals surface area contributed by atoms with Gasteiger partial charge in [-0.15, -0.1) is 0 Å². The van der Waals surface area contributed by atoms with E-state index in [9.17, 15) is 14.0 Å². The Morgan fingerprint density at radius 3 is 2.71 bits per heavy atom. The molecular formula is C15H17FN2O3. The maximum absolute atomic E-state index is 13.2. The van der Waals surface area contributed by atoms with E-state index in [0.29, 0.717) is 17.3 Å². The SMILES string of the molecule is CCC(C)N(CC(=O)O)C(=O)c1cc2cc(F)ccc2[nH]1. The third-order valence-corrected chi connectivity index (χ3v) is 3.50. The van der Waals surface area contributed by atoms with Crippen LogP contribution in [0.1, 0.15) is 30.8 Å². The summed E-state index contributed by atoms with van der Waals surface area (Å²) in [5.74, 6) is -1.85. The largest absolute Gasteiger partial charge is 0.480 e. The van der Waals surface area contributed by atoms with Gasteiger partial charge in [0, 0.05) is 16.9 Å². The van der Waals surface area contributed by atoms with Crippen LogP contribution >= 0.6 is 0 Å². The van der Waals surface area contributed by atoms with Gasteiger partial charge in [0.1, 0.15) is 18.1 Å². The van der Waals surface area contributed by atoms with Gasteiger partial charge in [-0.1, -0.05) is 6.92 Å². The second kappa shape index (κ2) is 5.95. The average molecular weight is 292 g/mol. The van der Waals surface area contributed by atoms with Crippen LogP contribution in [0, 0.1) is 5.82 Å². The molecule has 0 radical (unpaired) electrons.